The van der Waals surface area contributed by atoms with Crippen molar-refractivity contribution in [3.05, 3.63) is 0 Å². The number of hydrogen-bond acceptors (Lipinski definition) is 2. The third-order valence-corrected chi connectivity index (χ3v) is 1.95. The molecule has 2 heteroatoms. The molecule has 0 unspecified atom stereocenters. The summed E-state index contributed by atoms with van der Waals surface area (Å²) in [6.07, 6.45) is 6.24. The maximum Gasteiger partial charge on any atom is 0.0478 e. The van der Waals surface area contributed by atoms with Crippen LogP contribution < -0.4 is 5.32 Å². The zero-order valence-electron chi connectivity index (χ0n) is 9.27. The average molecular weight is 187 g/mol. The zero-order chi connectivity index (χ0) is 9.78. The first-order valence-corrected chi connectivity index (χ1v) is 5.70. The van der Waals surface area contributed by atoms with Crippen molar-refractivity contribution in [3.63, 3.8) is 0 Å². The Morgan fingerprint density at radius 2 is 1.62 bits per heavy atom. The molecule has 0 atom stereocenters. The first-order chi connectivity index (χ1) is 6.41. The maximum atomic E-state index is 5.37. The smallest absolute Gasteiger partial charge is 0.0478 e. The van der Waals surface area contributed by atoms with Gasteiger partial charge in [-0.15, -0.1) is 0 Å². The molecule has 0 spiro atoms. The van der Waals surface area contributed by atoms with Gasteiger partial charge in [0.1, 0.15) is 0 Å². The quantitative estimate of drug-likeness (QED) is 0.531. The monoisotopic (exact) mass is 187 g/mol. The molecule has 0 amide bonds. The lowest BCUT2D eigenvalue weighted by atomic mass is 10.2. The van der Waals surface area contributed by atoms with E-state index in [1.807, 2.05) is 0 Å². The number of ether oxygens (including phenoxy) is 1. The van der Waals surface area contributed by atoms with Gasteiger partial charge < -0.3 is 10.1 Å². The average Bonchev–Trinajstić information content (AvgIpc) is 2.16. The van der Waals surface area contributed by atoms with Crippen molar-refractivity contribution >= 4 is 0 Å². The van der Waals surface area contributed by atoms with Crippen LogP contribution in [0.5, 0.6) is 0 Å². The summed E-state index contributed by atoms with van der Waals surface area (Å²) >= 11 is 0. The first-order valence-electron chi connectivity index (χ1n) is 5.70. The fourth-order valence-electron chi connectivity index (χ4n) is 1.17. The van der Waals surface area contributed by atoms with E-state index in [-0.39, 0.29) is 0 Å². The van der Waals surface area contributed by atoms with Gasteiger partial charge in [0.25, 0.3) is 0 Å². The normalized spacial score (nSPS) is 10.6. The van der Waals surface area contributed by atoms with Crippen LogP contribution in [0.2, 0.25) is 0 Å². The minimum absolute atomic E-state index is 0.911. The van der Waals surface area contributed by atoms with Crippen molar-refractivity contribution in [2.45, 2.75) is 46.0 Å². The highest BCUT2D eigenvalue weighted by Gasteiger charge is 1.89. The van der Waals surface area contributed by atoms with Crippen molar-refractivity contribution in [1.82, 2.24) is 5.32 Å². The number of unbranched alkanes of at least 4 members (excludes halogenated alkanes) is 2. The van der Waals surface area contributed by atoms with Crippen molar-refractivity contribution in [2.24, 2.45) is 0 Å². The molecule has 2 nitrogen and oxygen atoms in total. The van der Waals surface area contributed by atoms with Gasteiger partial charge in [-0.3, -0.25) is 0 Å². The Labute approximate surface area is 83.1 Å². The minimum Gasteiger partial charge on any atom is -0.381 e. The second-order valence-electron chi connectivity index (χ2n) is 3.42. The lowest BCUT2D eigenvalue weighted by Gasteiger charge is -2.04. The Hall–Kier alpha value is -0.0800. The van der Waals surface area contributed by atoms with E-state index < -0.39 is 0 Å². The molecule has 0 heterocycles. The molecule has 0 aliphatic heterocycles. The van der Waals surface area contributed by atoms with E-state index in [1.165, 1.54) is 25.8 Å². The Balaban J connectivity index is 2.76. The Morgan fingerprint density at radius 3 is 2.31 bits per heavy atom. The highest BCUT2D eigenvalue weighted by Crippen LogP contribution is 1.91. The van der Waals surface area contributed by atoms with E-state index in [9.17, 15) is 0 Å². The van der Waals surface area contributed by atoms with Gasteiger partial charge in [-0.2, -0.15) is 0 Å². The summed E-state index contributed by atoms with van der Waals surface area (Å²) in [5, 5.41) is 3.42. The summed E-state index contributed by atoms with van der Waals surface area (Å²) in [4.78, 5) is 0. The molecule has 0 aromatic carbocycles. The van der Waals surface area contributed by atoms with E-state index in [2.05, 4.69) is 19.2 Å². The number of hydrogen-bond donors (Lipinski definition) is 1. The van der Waals surface area contributed by atoms with E-state index in [1.54, 1.807) is 0 Å². The van der Waals surface area contributed by atoms with Gasteiger partial charge in [0.2, 0.25) is 0 Å². The summed E-state index contributed by atoms with van der Waals surface area (Å²) in [7, 11) is 0. The predicted octanol–water partition coefficient (Wildman–Crippen LogP) is 2.58. The number of nitrogens with one attached hydrogen (secondary N) is 1. The van der Waals surface area contributed by atoms with Crippen molar-refractivity contribution in [3.8, 4) is 0 Å². The van der Waals surface area contributed by atoms with Crippen molar-refractivity contribution in [1.29, 1.82) is 0 Å². The molecule has 0 aromatic rings. The summed E-state index contributed by atoms with van der Waals surface area (Å²) in [5.74, 6) is 0. The summed E-state index contributed by atoms with van der Waals surface area (Å²) in [6.45, 7) is 8.47. The van der Waals surface area contributed by atoms with E-state index in [0.717, 1.165) is 32.6 Å². The summed E-state index contributed by atoms with van der Waals surface area (Å²) < 4.78 is 5.37. The molecule has 1 N–H and O–H groups in total. The van der Waals surface area contributed by atoms with Crippen molar-refractivity contribution in [2.75, 3.05) is 26.3 Å². The highest BCUT2D eigenvalue weighted by atomic mass is 16.5. The fourth-order valence-corrected chi connectivity index (χ4v) is 1.17. The largest absolute Gasteiger partial charge is 0.381 e. The molecular formula is C11H25NO. The van der Waals surface area contributed by atoms with Crippen LogP contribution in [0.15, 0.2) is 0 Å². The second kappa shape index (κ2) is 11.9. The molecule has 13 heavy (non-hydrogen) atoms. The van der Waals surface area contributed by atoms with Crippen LogP contribution in [0.1, 0.15) is 46.0 Å². The molecular weight excluding hydrogens is 162 g/mol. The molecule has 0 fully saturated rings. The molecule has 0 aliphatic rings. The van der Waals surface area contributed by atoms with Crippen LogP contribution in [-0.2, 0) is 4.74 Å². The summed E-state index contributed by atoms with van der Waals surface area (Å²) in [6, 6.07) is 0. The van der Waals surface area contributed by atoms with Gasteiger partial charge in [-0.1, -0.05) is 26.7 Å². The molecule has 0 saturated heterocycles. The van der Waals surface area contributed by atoms with Crippen LogP contribution in [0.3, 0.4) is 0 Å². The first kappa shape index (κ1) is 12.9. The molecule has 0 saturated carbocycles. The predicted molar refractivity (Wildman–Crippen MR) is 58.1 cm³/mol. The maximum absolute atomic E-state index is 5.37. The minimum atomic E-state index is 0.911. The molecule has 0 bridgehead atoms. The van der Waals surface area contributed by atoms with Crippen LogP contribution in [0.4, 0.5) is 0 Å². The van der Waals surface area contributed by atoms with Crippen LogP contribution in [0.25, 0.3) is 0 Å². The molecule has 80 valence electrons. The van der Waals surface area contributed by atoms with E-state index >= 15 is 0 Å². The SMILES string of the molecule is CCCCCNCCCOCCC. The second-order valence-corrected chi connectivity index (χ2v) is 3.42. The van der Waals surface area contributed by atoms with Gasteiger partial charge in [-0.25, -0.2) is 0 Å². The zero-order valence-corrected chi connectivity index (χ0v) is 9.27. The molecule has 0 aliphatic carbocycles. The topological polar surface area (TPSA) is 21.3 Å². The van der Waals surface area contributed by atoms with Gasteiger partial charge in [0.15, 0.2) is 0 Å². The van der Waals surface area contributed by atoms with E-state index in [4.69, 9.17) is 4.74 Å². The van der Waals surface area contributed by atoms with Crippen molar-refractivity contribution < 1.29 is 4.74 Å². The molecule has 0 aromatic heterocycles. The lowest BCUT2D eigenvalue weighted by molar-refractivity contribution is 0.132. The fraction of sp³-hybridized carbons (Fsp3) is 1.00. The Bertz CT molecular complexity index is 76.2. The Morgan fingerprint density at radius 1 is 0.846 bits per heavy atom. The van der Waals surface area contributed by atoms with E-state index in [0.29, 0.717) is 0 Å². The molecule has 0 radical (unpaired) electrons. The van der Waals surface area contributed by atoms with Gasteiger partial charge in [0.05, 0.1) is 0 Å². The molecule has 0 rings (SSSR count). The van der Waals surface area contributed by atoms with Gasteiger partial charge in [0, 0.05) is 13.2 Å². The number of rotatable bonds is 10. The van der Waals surface area contributed by atoms with Crippen LogP contribution in [0, 0.1) is 0 Å². The third kappa shape index (κ3) is 11.9. The Kier molecular flexibility index (Phi) is 11.8. The van der Waals surface area contributed by atoms with Gasteiger partial charge in [-0.05, 0) is 32.4 Å². The van der Waals surface area contributed by atoms with Crippen LogP contribution in [-0.4, -0.2) is 26.3 Å². The third-order valence-electron chi connectivity index (χ3n) is 1.95. The standard InChI is InChI=1S/C11H25NO/c1-3-5-6-8-12-9-7-11-13-10-4-2/h12H,3-11H2,1-2H3. The highest BCUT2D eigenvalue weighted by molar-refractivity contribution is 4.47. The van der Waals surface area contributed by atoms with Crippen LogP contribution >= 0.6 is 0 Å². The van der Waals surface area contributed by atoms with Gasteiger partial charge >= 0.3 is 0 Å². The summed E-state index contributed by atoms with van der Waals surface area (Å²) in [5.41, 5.74) is 0. The lowest BCUT2D eigenvalue weighted by Crippen LogP contribution is -2.18.